The lowest BCUT2D eigenvalue weighted by Gasteiger charge is -2.31. The number of carbonyl (C=O) groups excluding carboxylic acids is 7. The SMILES string of the molecule is Cc1c(N)nc([C@H](CC(N)=O)NC[C@H](N)C(N)=O)nc1C(=O)N[C@@H](Cc1cccs1)C(=O)N[C@H](Cc1ccccc1)[C@@H](O)[C@H](C)C(=O)N[C@@H](Cc1ccc(O)cc1)C(=O)NCCc1nc(-c2nc(-c3nc(C(=O)NCCCNCCCCNCCCN)cs3)cs2)cs1. The van der Waals surface area contributed by atoms with Crippen molar-refractivity contribution in [2.45, 2.75) is 108 Å². The van der Waals surface area contributed by atoms with Crippen LogP contribution in [0.3, 0.4) is 0 Å². The van der Waals surface area contributed by atoms with E-state index in [9.17, 15) is 43.8 Å². The van der Waals surface area contributed by atoms with Gasteiger partial charge in [-0.15, -0.1) is 45.3 Å². The summed E-state index contributed by atoms with van der Waals surface area (Å²) in [5.74, 6) is -6.14. The second-order valence-corrected chi connectivity index (χ2v) is 25.8. The quantitative estimate of drug-likeness (QED) is 0.0243. The first-order chi connectivity index (χ1) is 44.8. The van der Waals surface area contributed by atoms with Crippen LogP contribution >= 0.6 is 45.3 Å². The number of amides is 7. The summed E-state index contributed by atoms with van der Waals surface area (Å²) in [4.78, 5) is 118. The number of unbranched alkanes of at least 4 members (excludes halogenated alkanes) is 1. The first-order valence-electron chi connectivity index (χ1n) is 30.4. The Balaban J connectivity index is 0.979. The molecule has 0 aliphatic heterocycles. The molecule has 2 aromatic carbocycles. The summed E-state index contributed by atoms with van der Waals surface area (Å²) in [6.45, 7) is 7.76. The van der Waals surface area contributed by atoms with Crippen LogP contribution in [0.4, 0.5) is 5.82 Å². The standard InChI is InChI=1S/C62H82N18O9S4/c1-35-51(79-55(80-53(35)66)43(30-49(65)82)72-31-41(64)54(67)84)60(89)76-45(29-40-13-8-26-90-40)59(88)74-42(27-37-11-4-3-5-12-37)52(83)36(2)56(85)75-44(28-38-14-16-39(81)17-15-38)57(86)71-25-18-50-73-47(33-91-50)61-78-48(34-93-61)62-77-46(32-92-62)58(87)70-24-10-23-69-21-7-6-20-68-22-9-19-63/h3-5,8,11-17,26,32-34,36,41-45,52,68-69,72,81,83H,6-7,9-10,18-25,27-31,63-64H2,1-2H3,(H2,65,82)(H2,67,84)(H,70,87)(H,71,86)(H,74,88)(H,75,85)(H,76,89)(H2,66,79,80)/t36-,41-,42+,43-,44-,45-,52-/m0/s1. The normalized spacial score (nSPS) is 13.6. The number of nitrogens with two attached hydrogens (primary N) is 5. The van der Waals surface area contributed by atoms with Crippen molar-refractivity contribution >= 4 is 92.5 Å². The van der Waals surface area contributed by atoms with Crippen LogP contribution in [0, 0.1) is 12.8 Å². The van der Waals surface area contributed by atoms with Gasteiger partial charge in [-0.05, 0) is 106 Å². The van der Waals surface area contributed by atoms with E-state index in [1.54, 1.807) is 65.4 Å². The van der Waals surface area contributed by atoms with Gasteiger partial charge in [0.05, 0.1) is 35.2 Å². The molecule has 5 heterocycles. The Kier molecular flexibility index (Phi) is 28.6. The monoisotopic (exact) mass is 1350 g/mol. The van der Waals surface area contributed by atoms with Crippen molar-refractivity contribution in [2.24, 2.45) is 28.9 Å². The smallest absolute Gasteiger partial charge is 0.271 e. The number of anilines is 1. The van der Waals surface area contributed by atoms with E-state index in [0.29, 0.717) is 67.6 Å². The summed E-state index contributed by atoms with van der Waals surface area (Å²) < 4.78 is 0. The molecule has 0 spiro atoms. The highest BCUT2D eigenvalue weighted by molar-refractivity contribution is 7.16. The number of aliphatic hydroxyl groups excluding tert-OH is 1. The van der Waals surface area contributed by atoms with Gasteiger partial charge in [0, 0.05) is 71.9 Å². The van der Waals surface area contributed by atoms with Crippen molar-refractivity contribution < 1.29 is 43.8 Å². The van der Waals surface area contributed by atoms with Gasteiger partial charge in [-0.25, -0.2) is 24.9 Å². The highest BCUT2D eigenvalue weighted by Gasteiger charge is 2.36. The number of aliphatic hydroxyl groups is 1. The molecule has 0 fully saturated rings. The number of primary amides is 2. The molecule has 0 saturated carbocycles. The van der Waals surface area contributed by atoms with Crippen LogP contribution in [-0.4, -0.2) is 159 Å². The molecule has 20 N–H and O–H groups in total. The fourth-order valence-electron chi connectivity index (χ4n) is 9.52. The van der Waals surface area contributed by atoms with Crippen molar-refractivity contribution in [3.05, 3.63) is 132 Å². The van der Waals surface area contributed by atoms with Crippen molar-refractivity contribution in [2.75, 3.05) is 58.1 Å². The lowest BCUT2D eigenvalue weighted by atomic mass is 9.91. The summed E-state index contributed by atoms with van der Waals surface area (Å²) in [6.07, 6.45) is 2.34. The van der Waals surface area contributed by atoms with E-state index in [2.05, 4.69) is 57.5 Å². The Labute approximate surface area is 554 Å². The molecule has 27 nitrogen and oxygen atoms in total. The van der Waals surface area contributed by atoms with E-state index < -0.39 is 77.7 Å². The summed E-state index contributed by atoms with van der Waals surface area (Å²) in [7, 11) is 0. The number of thiophene rings is 1. The third kappa shape index (κ3) is 22.8. The van der Waals surface area contributed by atoms with Gasteiger partial charge in [0.25, 0.3) is 11.8 Å². The van der Waals surface area contributed by atoms with Crippen LogP contribution in [0.5, 0.6) is 5.75 Å². The third-order valence-electron chi connectivity index (χ3n) is 14.9. The minimum atomic E-state index is -1.57. The largest absolute Gasteiger partial charge is 0.508 e. The number of hydrogen-bond donors (Lipinski definition) is 15. The van der Waals surface area contributed by atoms with Crippen molar-refractivity contribution in [3.8, 4) is 27.2 Å². The Hall–Kier alpha value is -8.24. The zero-order valence-electron chi connectivity index (χ0n) is 51.7. The van der Waals surface area contributed by atoms with Crippen LogP contribution in [0.1, 0.15) is 98.4 Å². The highest BCUT2D eigenvalue weighted by atomic mass is 32.1. The van der Waals surface area contributed by atoms with Gasteiger partial charge in [-0.2, -0.15) is 0 Å². The summed E-state index contributed by atoms with van der Waals surface area (Å²) in [6, 6.07) is 12.9. The van der Waals surface area contributed by atoms with Gasteiger partial charge < -0.3 is 81.4 Å². The molecule has 0 unspecified atom stereocenters. The van der Waals surface area contributed by atoms with E-state index in [-0.39, 0.29) is 73.3 Å². The van der Waals surface area contributed by atoms with Gasteiger partial charge in [-0.3, -0.25) is 33.6 Å². The molecule has 7 aromatic rings. The lowest BCUT2D eigenvalue weighted by molar-refractivity contribution is -0.134. The molecule has 31 heteroatoms. The maximum absolute atomic E-state index is 14.7. The molecule has 5 aromatic heterocycles. The number of carbonyl (C=O) groups is 7. The number of nitrogens with one attached hydrogen (secondary N) is 8. The van der Waals surface area contributed by atoms with Gasteiger partial charge in [0.15, 0.2) is 0 Å². The fourth-order valence-corrected chi connectivity index (χ4v) is 12.7. The summed E-state index contributed by atoms with van der Waals surface area (Å²) in [5, 5.41) is 55.6. The molecule has 0 aliphatic rings. The molecule has 7 amide bonds. The number of nitrogens with zero attached hydrogens (tertiary/aromatic N) is 5. The first kappa shape index (κ1) is 72.2. The molecule has 498 valence electrons. The van der Waals surface area contributed by atoms with E-state index in [0.717, 1.165) is 51.9 Å². The van der Waals surface area contributed by atoms with Crippen molar-refractivity contribution in [1.29, 1.82) is 0 Å². The third-order valence-corrected chi connectivity index (χ3v) is 18.4. The minimum Gasteiger partial charge on any atom is -0.508 e. The number of nitrogen functional groups attached to an aromatic ring is 1. The molecule has 7 rings (SSSR count). The topological polar surface area (TPSA) is 451 Å². The lowest BCUT2D eigenvalue weighted by Crippen LogP contribution is -2.57. The molecular weight excluding hydrogens is 1270 g/mol. The first-order valence-corrected chi connectivity index (χ1v) is 34.0. The number of phenolic OH excluding ortho intramolecular Hbond substituents is 1. The number of aromatic nitrogens is 5. The molecule has 93 heavy (non-hydrogen) atoms. The van der Waals surface area contributed by atoms with Gasteiger partial charge in [-0.1, -0.05) is 55.5 Å². The maximum Gasteiger partial charge on any atom is 0.271 e. The van der Waals surface area contributed by atoms with Crippen molar-refractivity contribution in [1.82, 2.24) is 67.5 Å². The second kappa shape index (κ2) is 36.9. The summed E-state index contributed by atoms with van der Waals surface area (Å²) >= 11 is 5.45. The van der Waals surface area contributed by atoms with Crippen LogP contribution in [0.25, 0.3) is 21.4 Å². The number of aromatic hydroxyl groups is 1. The zero-order valence-corrected chi connectivity index (χ0v) is 55.0. The predicted molar refractivity (Wildman–Crippen MR) is 360 cm³/mol. The fraction of sp³-hybridized carbons (Fsp3) is 0.419. The Morgan fingerprint density at radius 2 is 1.30 bits per heavy atom. The number of phenols is 1. The van der Waals surface area contributed by atoms with Crippen LogP contribution < -0.4 is 71.2 Å². The molecular formula is C62H82N18O9S4. The van der Waals surface area contributed by atoms with Crippen LogP contribution in [0.15, 0.2) is 88.3 Å². The second-order valence-electron chi connectivity index (χ2n) is 22.1. The number of benzene rings is 2. The van der Waals surface area contributed by atoms with Gasteiger partial charge in [0.1, 0.15) is 62.3 Å². The Morgan fingerprint density at radius 3 is 2.00 bits per heavy atom. The average molecular weight is 1350 g/mol. The zero-order chi connectivity index (χ0) is 66.8. The van der Waals surface area contributed by atoms with E-state index in [1.807, 2.05) is 10.8 Å². The number of thiazole rings is 3. The van der Waals surface area contributed by atoms with Crippen LogP contribution in [0.2, 0.25) is 0 Å². The van der Waals surface area contributed by atoms with E-state index in [1.165, 1.54) is 71.3 Å². The van der Waals surface area contributed by atoms with E-state index in [4.69, 9.17) is 38.6 Å². The van der Waals surface area contributed by atoms with Crippen molar-refractivity contribution in [3.63, 3.8) is 0 Å². The van der Waals surface area contributed by atoms with Gasteiger partial charge in [0.2, 0.25) is 29.5 Å². The Bertz CT molecular complexity index is 3550. The molecule has 7 atom stereocenters. The summed E-state index contributed by atoms with van der Waals surface area (Å²) in [5.41, 5.74) is 31.3. The maximum atomic E-state index is 14.7. The molecule has 0 radical (unpaired) electrons. The minimum absolute atomic E-state index is 0.00452. The van der Waals surface area contributed by atoms with Gasteiger partial charge >= 0.3 is 0 Å². The highest BCUT2D eigenvalue weighted by Crippen LogP contribution is 2.32. The number of rotatable bonds is 40. The molecule has 0 saturated heterocycles. The molecule has 0 aliphatic carbocycles. The average Bonchev–Trinajstić information content (AvgIpc) is 1.80. The number of hydrogen-bond acceptors (Lipinski definition) is 24. The van der Waals surface area contributed by atoms with E-state index >= 15 is 0 Å². The molecule has 0 bridgehead atoms. The Morgan fingerprint density at radius 1 is 0.634 bits per heavy atom. The van der Waals surface area contributed by atoms with Crippen LogP contribution in [-0.2, 0) is 49.7 Å². The predicted octanol–water partition coefficient (Wildman–Crippen LogP) is 1.74.